The van der Waals surface area contributed by atoms with E-state index in [1.165, 1.54) is 0 Å². The molecule has 0 fully saturated rings. The highest BCUT2D eigenvalue weighted by Gasteiger charge is 2.11. The first-order valence-corrected chi connectivity index (χ1v) is 7.52. The molecule has 0 saturated carbocycles. The molecule has 20 heavy (non-hydrogen) atoms. The summed E-state index contributed by atoms with van der Waals surface area (Å²) in [5.41, 5.74) is 11.1. The monoisotopic (exact) mass is 296 g/mol. The summed E-state index contributed by atoms with van der Waals surface area (Å²) >= 11 is 1.61. The van der Waals surface area contributed by atoms with Gasteiger partial charge in [-0.25, -0.2) is 10.2 Å². The number of carbonyl (C=O) groups is 2. The molecule has 1 atom stereocenters. The van der Waals surface area contributed by atoms with Crippen molar-refractivity contribution in [3.63, 3.8) is 0 Å². The van der Waals surface area contributed by atoms with Crippen LogP contribution in [0.4, 0.5) is 4.79 Å². The highest BCUT2D eigenvalue weighted by Crippen LogP contribution is 2.19. The molecule has 1 aromatic rings. The van der Waals surface area contributed by atoms with Crippen molar-refractivity contribution in [3.05, 3.63) is 29.8 Å². The Bertz CT molecular complexity index is 467. The number of nitrogens with two attached hydrogens (primary N) is 1. The number of benzene rings is 1. The molecule has 0 heterocycles. The molecule has 7 heteroatoms. The Morgan fingerprint density at radius 1 is 1.30 bits per heavy atom. The maximum absolute atomic E-state index is 11.5. The number of hydrogen-bond donors (Lipinski definition) is 4. The lowest BCUT2D eigenvalue weighted by Crippen LogP contribution is -2.51. The van der Waals surface area contributed by atoms with Gasteiger partial charge in [-0.3, -0.25) is 10.2 Å². The number of hydrogen-bond acceptors (Lipinski definition) is 4. The minimum absolute atomic E-state index is 0.387. The normalized spacial score (nSPS) is 11.6. The van der Waals surface area contributed by atoms with Crippen LogP contribution in [0.2, 0.25) is 0 Å². The number of rotatable bonds is 5. The topological polar surface area (TPSA) is 96.2 Å². The maximum Gasteiger partial charge on any atom is 0.333 e. The van der Waals surface area contributed by atoms with E-state index < -0.39 is 18.0 Å². The van der Waals surface area contributed by atoms with E-state index in [0.29, 0.717) is 13.0 Å². The van der Waals surface area contributed by atoms with Crippen LogP contribution in [0.1, 0.15) is 18.9 Å². The molecule has 0 aliphatic carbocycles. The molecule has 6 nitrogen and oxygen atoms in total. The smallest absolute Gasteiger partial charge is 0.333 e. The first-order chi connectivity index (χ1) is 9.58. The quantitative estimate of drug-likeness (QED) is 0.481. The minimum Gasteiger partial charge on any atom is -0.333 e. The average molecular weight is 296 g/mol. The van der Waals surface area contributed by atoms with Crippen molar-refractivity contribution in [2.45, 2.75) is 30.8 Å². The van der Waals surface area contributed by atoms with Crippen molar-refractivity contribution in [1.82, 2.24) is 16.2 Å². The van der Waals surface area contributed by atoms with Gasteiger partial charge in [0.25, 0.3) is 5.91 Å². The van der Waals surface area contributed by atoms with Gasteiger partial charge in [-0.2, -0.15) is 0 Å². The molecule has 1 unspecified atom stereocenters. The summed E-state index contributed by atoms with van der Waals surface area (Å²) in [5, 5.41) is 2.67. The van der Waals surface area contributed by atoms with E-state index in [1.807, 2.05) is 30.5 Å². The number of thioether (sulfide) groups is 1. The van der Waals surface area contributed by atoms with Crippen LogP contribution < -0.4 is 21.9 Å². The Hall–Kier alpha value is -1.73. The third-order valence-corrected chi connectivity index (χ3v) is 3.55. The van der Waals surface area contributed by atoms with Crippen LogP contribution in [0.25, 0.3) is 0 Å². The summed E-state index contributed by atoms with van der Waals surface area (Å²) in [6.07, 6.45) is 2.49. The zero-order chi connectivity index (χ0) is 15.0. The van der Waals surface area contributed by atoms with E-state index in [0.717, 1.165) is 10.5 Å². The fourth-order valence-electron chi connectivity index (χ4n) is 1.47. The van der Waals surface area contributed by atoms with Crippen LogP contribution in [0.5, 0.6) is 0 Å². The van der Waals surface area contributed by atoms with Crippen molar-refractivity contribution in [2.24, 2.45) is 5.73 Å². The van der Waals surface area contributed by atoms with Crippen molar-refractivity contribution in [2.75, 3.05) is 6.26 Å². The van der Waals surface area contributed by atoms with Crippen LogP contribution in [-0.2, 0) is 11.3 Å². The van der Waals surface area contributed by atoms with E-state index in [9.17, 15) is 9.59 Å². The lowest BCUT2D eigenvalue weighted by molar-refractivity contribution is -0.123. The molecule has 0 bridgehead atoms. The highest BCUT2D eigenvalue weighted by atomic mass is 32.2. The Kier molecular flexibility index (Phi) is 6.89. The van der Waals surface area contributed by atoms with Crippen molar-refractivity contribution >= 4 is 23.7 Å². The molecule has 0 aliphatic heterocycles. The number of urea groups is 1. The summed E-state index contributed by atoms with van der Waals surface area (Å²) in [6, 6.07) is 6.70. The number of nitrogens with one attached hydrogen (secondary N) is 3. The minimum atomic E-state index is -0.618. The summed E-state index contributed by atoms with van der Waals surface area (Å²) in [7, 11) is 0. The predicted molar refractivity (Wildman–Crippen MR) is 80.0 cm³/mol. The van der Waals surface area contributed by atoms with Crippen LogP contribution in [0.3, 0.4) is 0 Å². The molecule has 0 radical (unpaired) electrons. The number of carbonyl (C=O) groups excluding carboxylic acids is 2. The van der Waals surface area contributed by atoms with E-state index in [4.69, 9.17) is 5.73 Å². The lowest BCUT2D eigenvalue weighted by Gasteiger charge is -2.12. The largest absolute Gasteiger partial charge is 0.333 e. The summed E-state index contributed by atoms with van der Waals surface area (Å²) in [4.78, 5) is 24.0. The predicted octanol–water partition coefficient (Wildman–Crippen LogP) is 0.976. The van der Waals surface area contributed by atoms with Crippen LogP contribution >= 0.6 is 11.8 Å². The van der Waals surface area contributed by atoms with Gasteiger partial charge in [-0.1, -0.05) is 25.1 Å². The Morgan fingerprint density at radius 2 is 2.00 bits per heavy atom. The molecule has 5 N–H and O–H groups in total. The molecule has 1 aromatic carbocycles. The molecule has 1 rings (SSSR count). The van der Waals surface area contributed by atoms with Gasteiger partial charge in [0, 0.05) is 11.4 Å². The van der Waals surface area contributed by atoms with Gasteiger partial charge in [0.15, 0.2) is 0 Å². The lowest BCUT2D eigenvalue weighted by atomic mass is 10.2. The Balaban J connectivity index is 2.38. The van der Waals surface area contributed by atoms with Crippen LogP contribution in [0, 0.1) is 0 Å². The molecule has 0 saturated heterocycles. The van der Waals surface area contributed by atoms with Crippen LogP contribution in [0.15, 0.2) is 29.2 Å². The fraction of sp³-hybridized carbons (Fsp3) is 0.385. The average Bonchev–Trinajstić information content (AvgIpc) is 2.49. The fourth-order valence-corrected chi connectivity index (χ4v) is 2.08. The summed E-state index contributed by atoms with van der Waals surface area (Å²) in [5.74, 6) is -0.410. The number of amides is 3. The molecule has 0 aromatic heterocycles. The molecular formula is C13H20N4O2S. The van der Waals surface area contributed by atoms with Crippen molar-refractivity contribution < 1.29 is 9.59 Å². The molecule has 0 aliphatic rings. The molecular weight excluding hydrogens is 276 g/mol. The second kappa shape index (κ2) is 8.44. The second-order valence-electron chi connectivity index (χ2n) is 4.12. The summed E-state index contributed by atoms with van der Waals surface area (Å²) in [6.45, 7) is 2.18. The first-order valence-electron chi connectivity index (χ1n) is 6.29. The third-order valence-electron chi connectivity index (χ3n) is 2.71. The SMILES string of the molecule is CCC(N)C(=O)NNC(=O)NCc1ccccc1SC. The zero-order valence-electron chi connectivity index (χ0n) is 11.6. The van der Waals surface area contributed by atoms with Gasteiger partial charge in [-0.05, 0) is 24.3 Å². The molecule has 0 spiro atoms. The standard InChI is InChI=1S/C13H20N4O2S/c1-3-10(14)12(18)16-17-13(19)15-8-9-6-4-5-7-11(9)20-2/h4-7,10H,3,8,14H2,1-2H3,(H,16,18)(H2,15,17,19). The van der Waals surface area contributed by atoms with Gasteiger partial charge in [0.05, 0.1) is 6.04 Å². The molecule has 110 valence electrons. The van der Waals surface area contributed by atoms with Gasteiger partial charge in [-0.15, -0.1) is 11.8 Å². The van der Waals surface area contributed by atoms with E-state index in [2.05, 4.69) is 16.2 Å². The first kappa shape index (κ1) is 16.3. The zero-order valence-corrected chi connectivity index (χ0v) is 12.4. The van der Waals surface area contributed by atoms with Gasteiger partial charge >= 0.3 is 6.03 Å². The van der Waals surface area contributed by atoms with Crippen molar-refractivity contribution in [3.8, 4) is 0 Å². The number of hydrazine groups is 1. The van der Waals surface area contributed by atoms with Crippen LogP contribution in [-0.4, -0.2) is 24.2 Å². The van der Waals surface area contributed by atoms with Gasteiger partial charge in [0.2, 0.25) is 0 Å². The van der Waals surface area contributed by atoms with Gasteiger partial charge < -0.3 is 11.1 Å². The molecule has 3 amide bonds. The van der Waals surface area contributed by atoms with E-state index in [1.54, 1.807) is 18.7 Å². The third kappa shape index (κ3) is 5.10. The Labute approximate surface area is 122 Å². The van der Waals surface area contributed by atoms with E-state index >= 15 is 0 Å². The maximum atomic E-state index is 11.5. The highest BCUT2D eigenvalue weighted by molar-refractivity contribution is 7.98. The van der Waals surface area contributed by atoms with E-state index in [-0.39, 0.29) is 0 Å². The van der Waals surface area contributed by atoms with Crippen molar-refractivity contribution in [1.29, 1.82) is 0 Å². The summed E-state index contributed by atoms with van der Waals surface area (Å²) < 4.78 is 0. The second-order valence-corrected chi connectivity index (χ2v) is 4.97. The van der Waals surface area contributed by atoms with Gasteiger partial charge in [0.1, 0.15) is 0 Å². The Morgan fingerprint density at radius 3 is 2.65 bits per heavy atom.